The second-order valence-electron chi connectivity index (χ2n) is 10.2. The highest BCUT2D eigenvalue weighted by Gasteiger charge is 2.48. The second-order valence-corrected chi connectivity index (χ2v) is 10.2. The highest BCUT2D eigenvalue weighted by atomic mass is 19.4. The lowest BCUT2D eigenvalue weighted by Crippen LogP contribution is -2.46. The Labute approximate surface area is 213 Å². The third-order valence-electron chi connectivity index (χ3n) is 7.85. The first-order valence-corrected chi connectivity index (χ1v) is 12.5. The van der Waals surface area contributed by atoms with E-state index in [0.29, 0.717) is 32.4 Å². The third-order valence-corrected chi connectivity index (χ3v) is 7.85. The number of ether oxygens (including phenoxy) is 1. The molecule has 37 heavy (non-hydrogen) atoms. The van der Waals surface area contributed by atoms with Crippen LogP contribution in [0.25, 0.3) is 0 Å². The number of benzene rings is 1. The number of halogens is 3. The summed E-state index contributed by atoms with van der Waals surface area (Å²) >= 11 is 0. The zero-order valence-corrected chi connectivity index (χ0v) is 20.5. The summed E-state index contributed by atoms with van der Waals surface area (Å²) in [6.07, 6.45) is 2.72. The summed E-state index contributed by atoms with van der Waals surface area (Å²) in [6.45, 7) is 0.968. The molecule has 2 bridgehead atoms. The molecule has 198 valence electrons. The average molecular weight is 517 g/mol. The van der Waals surface area contributed by atoms with Crippen LogP contribution in [0.1, 0.15) is 30.4 Å². The van der Waals surface area contributed by atoms with Crippen molar-refractivity contribution in [2.24, 2.45) is 23.5 Å². The molecule has 2 aliphatic carbocycles. The van der Waals surface area contributed by atoms with Gasteiger partial charge in [0.05, 0.1) is 11.5 Å². The first-order valence-electron chi connectivity index (χ1n) is 12.5. The van der Waals surface area contributed by atoms with Crippen molar-refractivity contribution in [2.75, 3.05) is 36.2 Å². The molecule has 1 aromatic carbocycles. The molecule has 5 rings (SSSR count). The van der Waals surface area contributed by atoms with Gasteiger partial charge in [-0.15, -0.1) is 0 Å². The Bertz CT molecular complexity index is 1160. The van der Waals surface area contributed by atoms with E-state index in [9.17, 15) is 18.0 Å². The van der Waals surface area contributed by atoms with E-state index in [0.717, 1.165) is 18.3 Å². The van der Waals surface area contributed by atoms with Crippen LogP contribution in [0, 0.1) is 17.8 Å². The van der Waals surface area contributed by atoms with E-state index >= 15 is 0 Å². The molecule has 1 aliphatic heterocycles. The number of nitrogens with two attached hydrogens (primary N) is 1. The number of primary amides is 1. The molecule has 1 saturated carbocycles. The number of aromatic nitrogens is 2. The minimum Gasteiger partial charge on any atom is -0.385 e. The fourth-order valence-corrected chi connectivity index (χ4v) is 5.88. The summed E-state index contributed by atoms with van der Waals surface area (Å²) in [6, 6.07) is 7.45. The van der Waals surface area contributed by atoms with Gasteiger partial charge in [0, 0.05) is 38.2 Å². The predicted octanol–water partition coefficient (Wildman–Crippen LogP) is 3.83. The fraction of sp³-hybridized carbons (Fsp3) is 0.500. The molecule has 0 saturated heterocycles. The van der Waals surface area contributed by atoms with Crippen molar-refractivity contribution in [3.8, 4) is 0 Å². The molecule has 11 heteroatoms. The van der Waals surface area contributed by atoms with E-state index in [-0.39, 0.29) is 23.6 Å². The number of nitrogens with one attached hydrogen (secondary N) is 3. The average Bonchev–Trinajstić information content (AvgIpc) is 3.41. The van der Waals surface area contributed by atoms with Gasteiger partial charge in [-0.2, -0.15) is 18.2 Å². The number of fused-ring (bicyclic) bond motifs is 3. The van der Waals surface area contributed by atoms with E-state index in [4.69, 9.17) is 10.5 Å². The number of carbonyl (C=O) groups is 1. The van der Waals surface area contributed by atoms with Gasteiger partial charge in [-0.25, -0.2) is 4.98 Å². The predicted molar refractivity (Wildman–Crippen MR) is 134 cm³/mol. The van der Waals surface area contributed by atoms with E-state index in [2.05, 4.69) is 32.0 Å². The van der Waals surface area contributed by atoms with E-state index < -0.39 is 35.1 Å². The van der Waals surface area contributed by atoms with Crippen molar-refractivity contribution in [1.82, 2.24) is 9.97 Å². The van der Waals surface area contributed by atoms with Crippen LogP contribution in [0.4, 0.5) is 30.6 Å². The number of anilines is 3. The Hall–Kier alpha value is -3.34. The first-order chi connectivity index (χ1) is 17.7. The number of hydrogen-bond acceptors (Lipinski definition) is 7. The zero-order valence-electron chi connectivity index (χ0n) is 20.5. The molecule has 0 spiro atoms. The molecule has 8 nitrogen and oxygen atoms in total. The van der Waals surface area contributed by atoms with Crippen LogP contribution >= 0.6 is 0 Å². The smallest absolute Gasteiger partial charge is 0.385 e. The van der Waals surface area contributed by atoms with Crippen LogP contribution in [-0.2, 0) is 22.1 Å². The highest BCUT2D eigenvalue weighted by molar-refractivity contribution is 5.80. The Morgan fingerprint density at radius 1 is 1.27 bits per heavy atom. The number of rotatable bonds is 8. The van der Waals surface area contributed by atoms with Gasteiger partial charge in [-0.1, -0.05) is 30.4 Å². The molecule has 1 aromatic heterocycles. The maximum absolute atomic E-state index is 13.9. The Kier molecular flexibility index (Phi) is 6.74. The number of aryl methyl sites for hydroxylation is 1. The van der Waals surface area contributed by atoms with Gasteiger partial charge in [-0.05, 0) is 49.1 Å². The molecular formula is C26H31F3N6O2. The topological polar surface area (TPSA) is 114 Å². The molecule has 2 aromatic rings. The van der Waals surface area contributed by atoms with Gasteiger partial charge in [0.15, 0.2) is 0 Å². The minimum absolute atomic E-state index is 0.0775. The van der Waals surface area contributed by atoms with Crippen LogP contribution in [-0.4, -0.2) is 47.7 Å². The highest BCUT2D eigenvalue weighted by Crippen LogP contribution is 2.46. The number of nitrogens with zero attached hydrogens (tertiary/aromatic N) is 2. The lowest BCUT2D eigenvalue weighted by Gasteiger charge is -2.34. The maximum atomic E-state index is 13.9. The molecule has 5 N–H and O–H groups in total. The quantitative estimate of drug-likeness (QED) is 0.395. The van der Waals surface area contributed by atoms with Crippen LogP contribution in [0.15, 0.2) is 42.6 Å². The van der Waals surface area contributed by atoms with Gasteiger partial charge in [-0.3, -0.25) is 4.79 Å². The lowest BCUT2D eigenvalue weighted by atomic mass is 9.88. The molecule has 3 aliphatic rings. The second kappa shape index (κ2) is 9.85. The van der Waals surface area contributed by atoms with Crippen molar-refractivity contribution in [1.29, 1.82) is 0 Å². The zero-order chi connectivity index (χ0) is 26.2. The number of allylic oxidation sites excluding steroid dienone is 1. The number of hydrogen-bond donors (Lipinski definition) is 4. The molecule has 1 amide bonds. The van der Waals surface area contributed by atoms with Gasteiger partial charge in [0.2, 0.25) is 11.9 Å². The number of amides is 1. The molecule has 1 fully saturated rings. The third kappa shape index (κ3) is 5.09. The number of alkyl halides is 3. The summed E-state index contributed by atoms with van der Waals surface area (Å²) in [5.74, 6) is -1.57. The Balaban J connectivity index is 1.45. The van der Waals surface area contributed by atoms with Crippen molar-refractivity contribution in [3.05, 3.63) is 53.7 Å². The van der Waals surface area contributed by atoms with Crippen LogP contribution in [0.5, 0.6) is 0 Å². The first kappa shape index (κ1) is 25.3. The van der Waals surface area contributed by atoms with Crippen LogP contribution in [0.2, 0.25) is 0 Å². The molecule has 1 unspecified atom stereocenters. The maximum Gasteiger partial charge on any atom is 0.421 e. The van der Waals surface area contributed by atoms with Crippen molar-refractivity contribution < 1.29 is 22.7 Å². The molecule has 2 heterocycles. The van der Waals surface area contributed by atoms with E-state index in [1.54, 1.807) is 7.11 Å². The van der Waals surface area contributed by atoms with Gasteiger partial charge >= 0.3 is 6.18 Å². The van der Waals surface area contributed by atoms with E-state index in [1.807, 2.05) is 30.4 Å². The molecular weight excluding hydrogens is 485 g/mol. The fourth-order valence-electron chi connectivity index (χ4n) is 5.88. The molecule has 5 atom stereocenters. The van der Waals surface area contributed by atoms with Crippen molar-refractivity contribution in [2.45, 2.75) is 43.4 Å². The number of carbonyl (C=O) groups excluding carboxylic acids is 1. The summed E-state index contributed by atoms with van der Waals surface area (Å²) in [5.41, 5.74) is 6.28. The number of methoxy groups -OCH3 is 1. The monoisotopic (exact) mass is 516 g/mol. The normalized spacial score (nSPS) is 28.3. The summed E-state index contributed by atoms with van der Waals surface area (Å²) in [4.78, 5) is 20.5. The summed E-state index contributed by atoms with van der Waals surface area (Å²) in [7, 11) is 1.61. The van der Waals surface area contributed by atoms with Gasteiger partial charge < -0.3 is 26.4 Å². The summed E-state index contributed by atoms with van der Waals surface area (Å²) < 4.78 is 47.1. The van der Waals surface area contributed by atoms with Crippen molar-refractivity contribution in [3.63, 3.8) is 0 Å². The van der Waals surface area contributed by atoms with Gasteiger partial charge in [0.1, 0.15) is 11.4 Å². The summed E-state index contributed by atoms with van der Waals surface area (Å²) in [5, 5.41) is 9.74. The van der Waals surface area contributed by atoms with Crippen LogP contribution < -0.4 is 21.7 Å². The standard InChI is InChI=1S/C26H31F3N6O2/c1-37-11-10-25(9-8-15-4-2-3-5-19(15)32-14-25)35-24-31-13-18(26(27,28)29)23(34-24)33-21-17-7-6-16(12-17)20(21)22(30)36/h2-7,13,16-17,20-21,32H,8-12,14H2,1H3,(H2,30,36)(H2,31,33,34,35)/t16-,17+,20+,21-,25?/m1/s1. The molecule has 0 radical (unpaired) electrons. The van der Waals surface area contributed by atoms with E-state index in [1.165, 1.54) is 5.56 Å². The van der Waals surface area contributed by atoms with Crippen LogP contribution in [0.3, 0.4) is 0 Å². The van der Waals surface area contributed by atoms with Gasteiger partial charge in [0.25, 0.3) is 0 Å². The largest absolute Gasteiger partial charge is 0.421 e. The SMILES string of the molecule is COCCC1(Nc2ncc(C(F)(F)F)c(N[C@H]3[C@@H](C(N)=O)[C@@H]4C=C[C@H]3C4)n2)CCc2ccccc2NC1. The Morgan fingerprint density at radius 3 is 2.81 bits per heavy atom. The lowest BCUT2D eigenvalue weighted by molar-refractivity contribution is -0.137. The Morgan fingerprint density at radius 2 is 2.05 bits per heavy atom. The number of para-hydroxylation sites is 1. The minimum atomic E-state index is -4.67. The van der Waals surface area contributed by atoms with Crippen molar-refractivity contribution >= 4 is 23.4 Å².